The third kappa shape index (κ3) is 4.17. The Morgan fingerprint density at radius 3 is 2.41 bits per heavy atom. The smallest absolute Gasteiger partial charge is 0.261 e. The maximum atomic E-state index is 12.6. The number of rotatable bonds is 6. The van der Waals surface area contributed by atoms with Gasteiger partial charge in [0, 0.05) is 33.8 Å². The molecule has 1 aliphatic carbocycles. The lowest BCUT2D eigenvalue weighted by atomic mass is 10.1. The highest BCUT2D eigenvalue weighted by molar-refractivity contribution is 7.92. The molecule has 2 aromatic carbocycles. The van der Waals surface area contributed by atoms with Crippen molar-refractivity contribution in [2.75, 3.05) is 10.0 Å². The summed E-state index contributed by atoms with van der Waals surface area (Å²) in [5.74, 6) is 0.197. The normalized spacial score (nSPS) is 13.8. The molecule has 5 rings (SSSR count). The number of hydrogen-bond acceptors (Lipinski definition) is 5. The van der Waals surface area contributed by atoms with Gasteiger partial charge in [0.15, 0.2) is 0 Å². The van der Waals surface area contributed by atoms with Gasteiger partial charge in [0.25, 0.3) is 10.0 Å². The van der Waals surface area contributed by atoms with Gasteiger partial charge in [0.2, 0.25) is 11.9 Å². The number of carbonyl (C=O) groups excluding carboxylic acids is 1. The average Bonchev–Trinajstić information content (AvgIpc) is 3.52. The van der Waals surface area contributed by atoms with E-state index in [0.29, 0.717) is 22.1 Å². The van der Waals surface area contributed by atoms with Gasteiger partial charge in [-0.3, -0.25) is 14.8 Å². The maximum absolute atomic E-state index is 12.6. The molecule has 10 heteroatoms. The van der Waals surface area contributed by atoms with E-state index in [1.807, 2.05) is 6.07 Å². The van der Waals surface area contributed by atoms with Crippen molar-refractivity contribution in [3.05, 3.63) is 65.8 Å². The Bertz CT molecular complexity index is 1410. The summed E-state index contributed by atoms with van der Waals surface area (Å²) in [6, 6.07) is 14.6. The number of carbonyl (C=O) groups is 1. The molecule has 32 heavy (non-hydrogen) atoms. The molecule has 1 aliphatic rings. The number of fused-ring (bicyclic) bond motifs is 1. The molecule has 1 amide bonds. The van der Waals surface area contributed by atoms with E-state index in [9.17, 15) is 13.2 Å². The summed E-state index contributed by atoms with van der Waals surface area (Å²) in [5.41, 5.74) is 2.40. The summed E-state index contributed by atoms with van der Waals surface area (Å²) in [6.07, 6.45) is 3.53. The van der Waals surface area contributed by atoms with Gasteiger partial charge in [-0.25, -0.2) is 13.4 Å². The van der Waals surface area contributed by atoms with Crippen LogP contribution in [0.1, 0.15) is 12.8 Å². The van der Waals surface area contributed by atoms with Crippen molar-refractivity contribution in [3.63, 3.8) is 0 Å². The number of sulfonamides is 1. The van der Waals surface area contributed by atoms with Crippen molar-refractivity contribution in [2.24, 2.45) is 5.92 Å². The van der Waals surface area contributed by atoms with E-state index >= 15 is 0 Å². The number of amides is 1. The van der Waals surface area contributed by atoms with Crippen LogP contribution >= 0.6 is 11.6 Å². The number of aromatic amines is 1. The zero-order chi connectivity index (χ0) is 22.3. The third-order valence-corrected chi connectivity index (χ3v) is 6.78. The molecule has 0 aliphatic heterocycles. The SMILES string of the molecule is O=C(Nc1nc(-c2ccc(NS(=O)(=O)c3ccc(Cl)cc3)cc2)c2cc[nH]c2n1)C1CC1. The summed E-state index contributed by atoms with van der Waals surface area (Å²) in [7, 11) is -3.74. The molecule has 8 nitrogen and oxygen atoms in total. The average molecular weight is 468 g/mol. The van der Waals surface area contributed by atoms with E-state index in [4.69, 9.17) is 11.6 Å². The summed E-state index contributed by atoms with van der Waals surface area (Å²) in [4.78, 5) is 24.2. The molecule has 1 saturated carbocycles. The van der Waals surface area contributed by atoms with Crippen molar-refractivity contribution in [1.82, 2.24) is 15.0 Å². The van der Waals surface area contributed by atoms with Crippen LogP contribution in [0.25, 0.3) is 22.3 Å². The number of hydrogen-bond donors (Lipinski definition) is 3. The highest BCUT2D eigenvalue weighted by Gasteiger charge is 2.30. The molecule has 162 valence electrons. The van der Waals surface area contributed by atoms with Crippen LogP contribution < -0.4 is 10.0 Å². The van der Waals surface area contributed by atoms with Crippen LogP contribution in [0.15, 0.2) is 65.7 Å². The summed E-state index contributed by atoms with van der Waals surface area (Å²) in [6.45, 7) is 0. The number of H-pyrrole nitrogens is 1. The van der Waals surface area contributed by atoms with Crippen LogP contribution in [-0.4, -0.2) is 29.3 Å². The number of anilines is 2. The predicted molar refractivity (Wildman–Crippen MR) is 123 cm³/mol. The van der Waals surface area contributed by atoms with Crippen LogP contribution in [0, 0.1) is 5.92 Å². The van der Waals surface area contributed by atoms with E-state index < -0.39 is 10.0 Å². The van der Waals surface area contributed by atoms with Crippen molar-refractivity contribution in [3.8, 4) is 11.3 Å². The summed E-state index contributed by atoms with van der Waals surface area (Å²) >= 11 is 5.84. The van der Waals surface area contributed by atoms with Crippen LogP contribution in [0.4, 0.5) is 11.6 Å². The lowest BCUT2D eigenvalue weighted by Gasteiger charge is -2.10. The highest BCUT2D eigenvalue weighted by Crippen LogP contribution is 2.31. The summed E-state index contributed by atoms with van der Waals surface area (Å²) in [5, 5.41) is 4.03. The Balaban J connectivity index is 1.42. The Morgan fingerprint density at radius 1 is 1.00 bits per heavy atom. The third-order valence-electron chi connectivity index (χ3n) is 5.13. The number of halogens is 1. The van der Waals surface area contributed by atoms with Crippen LogP contribution in [0.2, 0.25) is 5.02 Å². The molecule has 2 heterocycles. The first-order chi connectivity index (χ1) is 15.4. The minimum Gasteiger partial charge on any atom is -0.346 e. The van der Waals surface area contributed by atoms with Gasteiger partial charge < -0.3 is 4.98 Å². The minimum atomic E-state index is -3.74. The summed E-state index contributed by atoms with van der Waals surface area (Å²) < 4.78 is 27.7. The fourth-order valence-electron chi connectivity index (χ4n) is 3.30. The van der Waals surface area contributed by atoms with E-state index in [-0.39, 0.29) is 22.7 Å². The lowest BCUT2D eigenvalue weighted by Crippen LogP contribution is -2.15. The predicted octanol–water partition coefficient (Wildman–Crippen LogP) is 4.43. The second kappa shape index (κ2) is 7.92. The van der Waals surface area contributed by atoms with Gasteiger partial charge in [-0.05, 0) is 55.3 Å². The molecular weight excluding hydrogens is 450 g/mol. The van der Waals surface area contributed by atoms with Gasteiger partial charge in [-0.2, -0.15) is 4.98 Å². The highest BCUT2D eigenvalue weighted by atomic mass is 35.5. The second-order valence-corrected chi connectivity index (χ2v) is 9.65. The zero-order valence-corrected chi connectivity index (χ0v) is 18.2. The van der Waals surface area contributed by atoms with Crippen molar-refractivity contribution in [1.29, 1.82) is 0 Å². The van der Waals surface area contributed by atoms with Gasteiger partial charge in [-0.15, -0.1) is 0 Å². The Hall–Kier alpha value is -3.43. The van der Waals surface area contributed by atoms with Crippen molar-refractivity contribution >= 4 is 50.2 Å². The molecule has 0 unspecified atom stereocenters. The molecule has 0 radical (unpaired) electrons. The molecule has 2 aromatic heterocycles. The molecule has 0 spiro atoms. The Morgan fingerprint density at radius 2 is 1.72 bits per heavy atom. The molecular formula is C22H18ClN5O3S. The fraction of sp³-hybridized carbons (Fsp3) is 0.136. The van der Waals surface area contributed by atoms with Crippen LogP contribution in [-0.2, 0) is 14.8 Å². The fourth-order valence-corrected chi connectivity index (χ4v) is 4.48. The Kier molecular flexibility index (Phi) is 5.07. The molecule has 4 aromatic rings. The Labute approximate surface area is 189 Å². The van der Waals surface area contributed by atoms with Crippen molar-refractivity contribution in [2.45, 2.75) is 17.7 Å². The lowest BCUT2D eigenvalue weighted by molar-refractivity contribution is -0.117. The van der Waals surface area contributed by atoms with E-state index in [0.717, 1.165) is 23.8 Å². The maximum Gasteiger partial charge on any atom is 0.261 e. The largest absolute Gasteiger partial charge is 0.346 e. The molecule has 0 bridgehead atoms. The molecule has 0 saturated heterocycles. The number of benzene rings is 2. The first kappa shape index (κ1) is 20.5. The van der Waals surface area contributed by atoms with E-state index in [1.54, 1.807) is 30.5 Å². The quantitative estimate of drug-likeness (QED) is 0.388. The van der Waals surface area contributed by atoms with Gasteiger partial charge >= 0.3 is 0 Å². The topological polar surface area (TPSA) is 117 Å². The number of nitrogens with zero attached hydrogens (tertiary/aromatic N) is 2. The van der Waals surface area contributed by atoms with Crippen LogP contribution in [0.3, 0.4) is 0 Å². The van der Waals surface area contributed by atoms with E-state index in [2.05, 4.69) is 25.0 Å². The first-order valence-electron chi connectivity index (χ1n) is 9.94. The van der Waals surface area contributed by atoms with Gasteiger partial charge in [0.05, 0.1) is 10.6 Å². The second-order valence-electron chi connectivity index (χ2n) is 7.54. The molecule has 0 atom stereocenters. The van der Waals surface area contributed by atoms with E-state index in [1.165, 1.54) is 24.3 Å². The minimum absolute atomic E-state index is 0.0364. The first-order valence-corrected chi connectivity index (χ1v) is 11.8. The standard InChI is InChI=1S/C22H18ClN5O3S/c23-15-5-9-17(10-6-15)32(30,31)28-16-7-3-13(4-8-16)19-18-11-12-24-20(18)26-22(25-19)27-21(29)14-1-2-14/h3-12,14,28H,1-2H2,(H2,24,25,26,27,29). The molecule has 3 N–H and O–H groups in total. The van der Waals surface area contributed by atoms with Gasteiger partial charge in [-0.1, -0.05) is 23.7 Å². The molecule has 1 fully saturated rings. The van der Waals surface area contributed by atoms with Crippen LogP contribution in [0.5, 0.6) is 0 Å². The van der Waals surface area contributed by atoms with Gasteiger partial charge in [0.1, 0.15) is 5.65 Å². The number of aromatic nitrogens is 3. The monoisotopic (exact) mass is 467 g/mol. The zero-order valence-electron chi connectivity index (χ0n) is 16.7. The van der Waals surface area contributed by atoms with Crippen molar-refractivity contribution < 1.29 is 13.2 Å². The number of nitrogens with one attached hydrogen (secondary N) is 3.